The van der Waals surface area contributed by atoms with Crippen LogP contribution in [0.15, 0.2) is 6.20 Å². The van der Waals surface area contributed by atoms with Crippen molar-refractivity contribution in [2.75, 3.05) is 6.26 Å². The molecule has 0 amide bonds. The van der Waals surface area contributed by atoms with E-state index < -0.39 is 15.6 Å². The Hall–Kier alpha value is -1.32. The van der Waals surface area contributed by atoms with Gasteiger partial charge in [-0.1, -0.05) is 19.8 Å². The molecule has 1 aromatic heterocycles. The van der Waals surface area contributed by atoms with Crippen molar-refractivity contribution in [2.24, 2.45) is 34.5 Å². The van der Waals surface area contributed by atoms with Gasteiger partial charge in [-0.05, 0) is 86.0 Å². The van der Waals surface area contributed by atoms with Crippen molar-refractivity contribution in [1.29, 1.82) is 0 Å². The Balaban J connectivity index is 1.49. The second kappa shape index (κ2) is 5.88. The van der Waals surface area contributed by atoms with E-state index in [1.165, 1.54) is 12.7 Å². The van der Waals surface area contributed by atoms with Crippen molar-refractivity contribution in [3.05, 3.63) is 17.5 Å². The Kier molecular flexibility index (Phi) is 3.98. The van der Waals surface area contributed by atoms with E-state index in [4.69, 9.17) is 6.42 Å². The second-order valence-corrected chi connectivity index (χ2v) is 12.6. The zero-order chi connectivity index (χ0) is 20.8. The van der Waals surface area contributed by atoms with Gasteiger partial charge >= 0.3 is 0 Å². The fourth-order valence-electron chi connectivity index (χ4n) is 7.95. The van der Waals surface area contributed by atoms with Crippen molar-refractivity contribution >= 4 is 10.0 Å². The van der Waals surface area contributed by atoms with Gasteiger partial charge in [0.05, 0.1) is 11.9 Å². The maximum Gasteiger partial charge on any atom is 0.250 e. The molecule has 0 aliphatic heterocycles. The molecular weight excluding hydrogens is 384 g/mol. The van der Waals surface area contributed by atoms with Crippen LogP contribution in [0.3, 0.4) is 0 Å². The van der Waals surface area contributed by atoms with Gasteiger partial charge in [0.1, 0.15) is 5.60 Å². The summed E-state index contributed by atoms with van der Waals surface area (Å²) in [6, 6.07) is 0. The summed E-state index contributed by atoms with van der Waals surface area (Å²) in [7, 11) is -3.35. The first kappa shape index (κ1) is 19.6. The third-order valence-corrected chi connectivity index (χ3v) is 10.5. The van der Waals surface area contributed by atoms with E-state index in [1.54, 1.807) is 6.20 Å². The number of fused-ring (bicyclic) bond motifs is 6. The Morgan fingerprint density at radius 3 is 2.62 bits per heavy atom. The van der Waals surface area contributed by atoms with Gasteiger partial charge in [-0.15, -0.1) is 6.42 Å². The van der Waals surface area contributed by atoms with Crippen molar-refractivity contribution in [3.63, 3.8) is 0 Å². The summed E-state index contributed by atoms with van der Waals surface area (Å²) in [6.07, 6.45) is 16.7. The average molecular weight is 417 g/mol. The van der Waals surface area contributed by atoms with Crippen LogP contribution in [-0.4, -0.2) is 34.6 Å². The molecule has 0 radical (unpaired) electrons. The number of terminal acetylenes is 1. The molecule has 1 heterocycles. The highest BCUT2D eigenvalue weighted by molar-refractivity contribution is 7.89. The van der Waals surface area contributed by atoms with Gasteiger partial charge in [-0.2, -0.15) is 9.19 Å². The molecule has 5 nitrogen and oxygen atoms in total. The number of aliphatic hydroxyl groups is 1. The zero-order valence-corrected chi connectivity index (χ0v) is 18.5. The highest BCUT2D eigenvalue weighted by Crippen LogP contribution is 2.67. The normalized spacial score (nSPS) is 46.2. The molecule has 1 aromatic rings. The van der Waals surface area contributed by atoms with Gasteiger partial charge in [0.2, 0.25) is 0 Å². The molecule has 0 aromatic carbocycles. The molecule has 0 bridgehead atoms. The van der Waals surface area contributed by atoms with E-state index in [0.29, 0.717) is 23.7 Å². The summed E-state index contributed by atoms with van der Waals surface area (Å²) in [5.41, 5.74) is 1.11. The fraction of sp³-hybridized carbons (Fsp3) is 0.783. The van der Waals surface area contributed by atoms with Crippen LogP contribution in [0.1, 0.15) is 63.6 Å². The van der Waals surface area contributed by atoms with E-state index in [2.05, 4.69) is 24.9 Å². The molecule has 3 fully saturated rings. The predicted molar refractivity (Wildman–Crippen MR) is 112 cm³/mol. The Morgan fingerprint density at radius 2 is 1.93 bits per heavy atom. The summed E-state index contributed by atoms with van der Waals surface area (Å²) >= 11 is 0. The molecule has 4 aliphatic rings. The molecule has 0 saturated heterocycles. The minimum Gasteiger partial charge on any atom is -0.377 e. The van der Waals surface area contributed by atoms with Crippen molar-refractivity contribution in [2.45, 2.75) is 70.8 Å². The number of hydrogen-bond donors (Lipinski definition) is 1. The van der Waals surface area contributed by atoms with Gasteiger partial charge in [-0.25, -0.2) is 8.42 Å². The molecule has 1 N–H and O–H groups in total. The van der Waals surface area contributed by atoms with Crippen LogP contribution in [0, 0.1) is 46.8 Å². The molecule has 6 heteroatoms. The monoisotopic (exact) mass is 416 g/mol. The highest BCUT2D eigenvalue weighted by Gasteiger charge is 2.64. The first-order valence-corrected chi connectivity index (χ1v) is 12.8. The van der Waals surface area contributed by atoms with Crippen LogP contribution in [0.5, 0.6) is 0 Å². The van der Waals surface area contributed by atoms with E-state index >= 15 is 0 Å². The van der Waals surface area contributed by atoms with Gasteiger partial charge in [-0.3, -0.25) is 0 Å². The molecule has 7 atom stereocenters. The summed E-state index contributed by atoms with van der Waals surface area (Å²) in [5, 5.41) is 15.6. The summed E-state index contributed by atoms with van der Waals surface area (Å²) < 4.78 is 25.1. The van der Waals surface area contributed by atoms with E-state index in [1.807, 2.05) is 0 Å². The van der Waals surface area contributed by atoms with E-state index in [-0.39, 0.29) is 10.8 Å². The summed E-state index contributed by atoms with van der Waals surface area (Å²) in [4.78, 5) is 0. The third-order valence-electron chi connectivity index (χ3n) is 9.66. The molecule has 29 heavy (non-hydrogen) atoms. The van der Waals surface area contributed by atoms with Crippen LogP contribution >= 0.6 is 0 Å². The topological polar surface area (TPSA) is 72.2 Å². The van der Waals surface area contributed by atoms with Crippen LogP contribution in [-0.2, 0) is 22.9 Å². The van der Waals surface area contributed by atoms with Crippen molar-refractivity contribution in [3.8, 4) is 12.3 Å². The van der Waals surface area contributed by atoms with Crippen LogP contribution in [0.25, 0.3) is 0 Å². The molecule has 4 aliphatic carbocycles. The van der Waals surface area contributed by atoms with Gasteiger partial charge in [0, 0.05) is 11.6 Å². The maximum absolute atomic E-state index is 12.0. The second-order valence-electron chi connectivity index (χ2n) is 10.8. The Bertz CT molecular complexity index is 1010. The largest absolute Gasteiger partial charge is 0.377 e. The number of hydrogen-bond acceptors (Lipinski definition) is 4. The first-order valence-electron chi connectivity index (χ1n) is 11.0. The number of rotatable bonds is 1. The lowest BCUT2D eigenvalue weighted by atomic mass is 9.44. The van der Waals surface area contributed by atoms with Gasteiger partial charge in [0.15, 0.2) is 0 Å². The molecule has 158 valence electrons. The molecular formula is C23H32N2O3S. The standard InChI is InChI=1S/C23H32N2O3S/c1-5-23(26)11-9-19-17-7-6-16-12-20-15(14-25(24-20)29(4,27)28)13-21(16,2)18(17)8-10-22(19,23)3/h1,14,16-19,26H,6-13H2,2-4H3/t16?,17?,18?,19?,21-,22-,23-/m0/s1. The average Bonchev–Trinajstić information content (AvgIpc) is 3.18. The van der Waals surface area contributed by atoms with E-state index in [9.17, 15) is 13.5 Å². The minimum atomic E-state index is -3.35. The number of aromatic nitrogens is 2. The predicted octanol–water partition coefficient (Wildman–Crippen LogP) is 3.01. The van der Waals surface area contributed by atoms with Crippen LogP contribution in [0.2, 0.25) is 0 Å². The molecule has 4 unspecified atom stereocenters. The maximum atomic E-state index is 12.0. The lowest BCUT2D eigenvalue weighted by molar-refractivity contribution is -0.127. The SMILES string of the molecule is C#C[C@]1(O)CCC2C3CCC4Cc5nn(S(C)(=O)=O)cc5C[C@]4(C)C3CC[C@@]21C. The summed E-state index contributed by atoms with van der Waals surface area (Å²) in [6.45, 7) is 4.66. The molecule has 0 spiro atoms. The lowest BCUT2D eigenvalue weighted by Crippen LogP contribution is -2.56. The fourth-order valence-corrected chi connectivity index (χ4v) is 8.52. The first-order chi connectivity index (χ1) is 13.5. The van der Waals surface area contributed by atoms with Crippen LogP contribution < -0.4 is 0 Å². The zero-order valence-electron chi connectivity index (χ0n) is 17.7. The van der Waals surface area contributed by atoms with E-state index in [0.717, 1.165) is 60.3 Å². The smallest absolute Gasteiger partial charge is 0.250 e. The third kappa shape index (κ3) is 2.50. The van der Waals surface area contributed by atoms with Gasteiger partial charge in [0.25, 0.3) is 10.0 Å². The van der Waals surface area contributed by atoms with Crippen molar-refractivity contribution < 1.29 is 13.5 Å². The highest BCUT2D eigenvalue weighted by atomic mass is 32.2. The van der Waals surface area contributed by atoms with Gasteiger partial charge < -0.3 is 5.11 Å². The van der Waals surface area contributed by atoms with Crippen LogP contribution in [0.4, 0.5) is 0 Å². The minimum absolute atomic E-state index is 0.166. The Morgan fingerprint density at radius 1 is 1.21 bits per heavy atom. The quantitative estimate of drug-likeness (QED) is 0.715. The molecule has 3 saturated carbocycles. The number of nitrogens with zero attached hydrogens (tertiary/aromatic N) is 2. The summed E-state index contributed by atoms with van der Waals surface area (Å²) in [5.74, 6) is 5.00. The Labute approximate surface area is 174 Å². The lowest BCUT2D eigenvalue weighted by Gasteiger charge is -2.60. The molecule has 5 rings (SSSR count). The van der Waals surface area contributed by atoms with Crippen molar-refractivity contribution in [1.82, 2.24) is 9.19 Å².